The summed E-state index contributed by atoms with van der Waals surface area (Å²) in [6, 6.07) is 0. The fraction of sp³-hybridized carbons (Fsp3) is 0.750. The highest BCUT2D eigenvalue weighted by Crippen LogP contribution is 2.23. The molecule has 1 rings (SSSR count). The van der Waals surface area contributed by atoms with Crippen LogP contribution in [0.25, 0.3) is 0 Å². The Labute approximate surface area is 61.2 Å². The smallest absolute Gasteiger partial charge is 0.0465 e. The van der Waals surface area contributed by atoms with E-state index in [4.69, 9.17) is 10.2 Å². The van der Waals surface area contributed by atoms with Crippen LogP contribution in [0.3, 0.4) is 0 Å². The third kappa shape index (κ3) is 1.58. The van der Waals surface area contributed by atoms with Crippen molar-refractivity contribution in [2.75, 3.05) is 13.2 Å². The van der Waals surface area contributed by atoms with Crippen molar-refractivity contribution in [1.29, 1.82) is 0 Å². The SMILES string of the molecule is OCC1CC=CC[C@@H]1CO. The van der Waals surface area contributed by atoms with E-state index in [0.717, 1.165) is 12.8 Å². The molecule has 0 spiro atoms. The fourth-order valence-corrected chi connectivity index (χ4v) is 1.37. The van der Waals surface area contributed by atoms with Crippen LogP contribution < -0.4 is 0 Å². The summed E-state index contributed by atoms with van der Waals surface area (Å²) in [6.45, 7) is 0.408. The summed E-state index contributed by atoms with van der Waals surface area (Å²) in [5.74, 6) is 0.574. The molecule has 0 saturated heterocycles. The van der Waals surface area contributed by atoms with Gasteiger partial charge in [-0.3, -0.25) is 0 Å². The van der Waals surface area contributed by atoms with Crippen LogP contribution in [-0.2, 0) is 0 Å². The number of hydrogen-bond acceptors (Lipinski definition) is 2. The molecule has 2 N–H and O–H groups in total. The van der Waals surface area contributed by atoms with Gasteiger partial charge < -0.3 is 10.2 Å². The zero-order chi connectivity index (χ0) is 7.40. The normalized spacial score (nSPS) is 32.6. The minimum atomic E-state index is 0.204. The van der Waals surface area contributed by atoms with Crippen LogP contribution >= 0.6 is 0 Å². The molecule has 10 heavy (non-hydrogen) atoms. The number of hydrogen-bond donors (Lipinski definition) is 2. The van der Waals surface area contributed by atoms with E-state index < -0.39 is 0 Å². The maximum atomic E-state index is 8.85. The predicted molar refractivity (Wildman–Crippen MR) is 39.5 cm³/mol. The van der Waals surface area contributed by atoms with Gasteiger partial charge in [0.2, 0.25) is 0 Å². The van der Waals surface area contributed by atoms with E-state index in [1.807, 2.05) is 0 Å². The van der Waals surface area contributed by atoms with Gasteiger partial charge in [0.25, 0.3) is 0 Å². The van der Waals surface area contributed by atoms with Gasteiger partial charge in [0.15, 0.2) is 0 Å². The molecule has 1 aliphatic carbocycles. The molecule has 0 aliphatic heterocycles. The van der Waals surface area contributed by atoms with Crippen LogP contribution in [0.5, 0.6) is 0 Å². The van der Waals surface area contributed by atoms with E-state index >= 15 is 0 Å². The van der Waals surface area contributed by atoms with Gasteiger partial charge >= 0.3 is 0 Å². The van der Waals surface area contributed by atoms with Gasteiger partial charge in [0.05, 0.1) is 0 Å². The first-order chi connectivity index (χ1) is 4.88. The molecule has 2 atom stereocenters. The van der Waals surface area contributed by atoms with Crippen LogP contribution in [0.15, 0.2) is 12.2 Å². The number of aliphatic hydroxyl groups is 2. The van der Waals surface area contributed by atoms with Gasteiger partial charge in [-0.05, 0) is 24.7 Å². The van der Waals surface area contributed by atoms with Gasteiger partial charge in [-0.2, -0.15) is 0 Å². The van der Waals surface area contributed by atoms with Crippen molar-refractivity contribution >= 4 is 0 Å². The van der Waals surface area contributed by atoms with Gasteiger partial charge in [-0.1, -0.05) is 12.2 Å². The number of allylic oxidation sites excluding steroid dienone is 2. The fourth-order valence-electron chi connectivity index (χ4n) is 1.37. The summed E-state index contributed by atoms with van der Waals surface area (Å²) >= 11 is 0. The lowest BCUT2D eigenvalue weighted by Crippen LogP contribution is -2.23. The van der Waals surface area contributed by atoms with Crippen molar-refractivity contribution in [3.8, 4) is 0 Å². The Morgan fingerprint density at radius 1 is 1.00 bits per heavy atom. The van der Waals surface area contributed by atoms with E-state index in [1.54, 1.807) is 0 Å². The van der Waals surface area contributed by atoms with Crippen molar-refractivity contribution in [2.24, 2.45) is 11.8 Å². The molecule has 0 fully saturated rings. The van der Waals surface area contributed by atoms with Crippen molar-refractivity contribution in [1.82, 2.24) is 0 Å². The van der Waals surface area contributed by atoms with Crippen molar-refractivity contribution in [2.45, 2.75) is 12.8 Å². The largest absolute Gasteiger partial charge is 0.396 e. The zero-order valence-electron chi connectivity index (χ0n) is 6.03. The first-order valence-corrected chi connectivity index (χ1v) is 3.75. The summed E-state index contributed by atoms with van der Waals surface area (Å²) in [5.41, 5.74) is 0. The van der Waals surface area contributed by atoms with Crippen LogP contribution in [0.2, 0.25) is 0 Å². The second-order valence-corrected chi connectivity index (χ2v) is 2.83. The Bertz CT molecular complexity index is 106. The standard InChI is InChI=1S/C8H14O2/c9-5-7-3-1-2-4-8(7)6-10/h1-2,7-10H,3-6H2/t7-,8?/m1/s1. The monoisotopic (exact) mass is 142 g/mol. The molecular formula is C8H14O2. The Morgan fingerprint density at radius 2 is 1.40 bits per heavy atom. The maximum absolute atomic E-state index is 8.85. The maximum Gasteiger partial charge on any atom is 0.0465 e. The van der Waals surface area contributed by atoms with Gasteiger partial charge in [0, 0.05) is 13.2 Å². The van der Waals surface area contributed by atoms with E-state index in [9.17, 15) is 0 Å². The summed E-state index contributed by atoms with van der Waals surface area (Å²) < 4.78 is 0. The number of rotatable bonds is 2. The van der Waals surface area contributed by atoms with Crippen LogP contribution in [0.4, 0.5) is 0 Å². The summed E-state index contributed by atoms with van der Waals surface area (Å²) in [7, 11) is 0. The average molecular weight is 142 g/mol. The lowest BCUT2D eigenvalue weighted by molar-refractivity contribution is 0.118. The quantitative estimate of drug-likeness (QED) is 0.553. The second kappa shape index (κ2) is 3.74. The average Bonchev–Trinajstić information content (AvgIpc) is 2.04. The molecule has 0 heterocycles. The molecule has 0 aromatic heterocycles. The molecule has 0 aromatic rings. The van der Waals surface area contributed by atoms with Crippen LogP contribution in [-0.4, -0.2) is 23.4 Å². The van der Waals surface area contributed by atoms with Gasteiger partial charge in [0.1, 0.15) is 0 Å². The summed E-state index contributed by atoms with van der Waals surface area (Å²) in [4.78, 5) is 0. The number of aliphatic hydroxyl groups excluding tert-OH is 2. The minimum absolute atomic E-state index is 0.204. The molecular weight excluding hydrogens is 128 g/mol. The topological polar surface area (TPSA) is 40.5 Å². The lowest BCUT2D eigenvalue weighted by atomic mass is 9.84. The molecule has 0 bridgehead atoms. The highest BCUT2D eigenvalue weighted by atomic mass is 16.3. The van der Waals surface area contributed by atoms with E-state index in [1.165, 1.54) is 0 Å². The molecule has 0 aromatic carbocycles. The van der Waals surface area contributed by atoms with Crippen molar-refractivity contribution in [3.05, 3.63) is 12.2 Å². The van der Waals surface area contributed by atoms with Crippen molar-refractivity contribution < 1.29 is 10.2 Å². The predicted octanol–water partition coefficient (Wildman–Crippen LogP) is 0.553. The molecule has 0 radical (unpaired) electrons. The molecule has 58 valence electrons. The third-order valence-electron chi connectivity index (χ3n) is 2.18. The molecule has 2 nitrogen and oxygen atoms in total. The van der Waals surface area contributed by atoms with Crippen molar-refractivity contribution in [3.63, 3.8) is 0 Å². The first kappa shape index (κ1) is 7.76. The van der Waals surface area contributed by atoms with E-state index in [-0.39, 0.29) is 25.0 Å². The Morgan fingerprint density at radius 3 is 1.70 bits per heavy atom. The Hall–Kier alpha value is -0.340. The van der Waals surface area contributed by atoms with Crippen LogP contribution in [0, 0.1) is 11.8 Å². The van der Waals surface area contributed by atoms with Crippen LogP contribution in [0.1, 0.15) is 12.8 Å². The zero-order valence-corrected chi connectivity index (χ0v) is 6.03. The Kier molecular flexibility index (Phi) is 2.90. The molecule has 1 aliphatic rings. The molecule has 0 saturated carbocycles. The molecule has 0 amide bonds. The first-order valence-electron chi connectivity index (χ1n) is 3.75. The lowest BCUT2D eigenvalue weighted by Gasteiger charge is -2.24. The molecule has 2 heteroatoms. The Balaban J connectivity index is 2.45. The van der Waals surface area contributed by atoms with Gasteiger partial charge in [-0.15, -0.1) is 0 Å². The highest BCUT2D eigenvalue weighted by Gasteiger charge is 2.20. The highest BCUT2D eigenvalue weighted by molar-refractivity contribution is 4.94. The second-order valence-electron chi connectivity index (χ2n) is 2.83. The van der Waals surface area contributed by atoms with Gasteiger partial charge in [-0.25, -0.2) is 0 Å². The van der Waals surface area contributed by atoms with E-state index in [2.05, 4.69) is 12.2 Å². The third-order valence-corrected chi connectivity index (χ3v) is 2.18. The minimum Gasteiger partial charge on any atom is -0.396 e. The van der Waals surface area contributed by atoms with E-state index in [0.29, 0.717) is 0 Å². The summed E-state index contributed by atoms with van der Waals surface area (Å²) in [5, 5.41) is 17.7. The molecule has 1 unspecified atom stereocenters. The summed E-state index contributed by atoms with van der Waals surface area (Å²) in [6.07, 6.45) is 5.99.